The molecule has 1 saturated carbocycles. The first kappa shape index (κ1) is 16.1. The topological polar surface area (TPSA) is 36.4 Å². The van der Waals surface area contributed by atoms with Crippen molar-refractivity contribution in [3.05, 3.63) is 24.0 Å². The van der Waals surface area contributed by atoms with Gasteiger partial charge in [0, 0.05) is 32.1 Å². The van der Waals surface area contributed by atoms with E-state index >= 15 is 0 Å². The Kier molecular flexibility index (Phi) is 4.21. The summed E-state index contributed by atoms with van der Waals surface area (Å²) < 4.78 is 37.6. The van der Waals surface area contributed by atoms with Crippen LogP contribution >= 0.6 is 0 Å². The molecule has 1 saturated heterocycles. The summed E-state index contributed by atoms with van der Waals surface area (Å²) in [5, 5.41) is 0. The lowest BCUT2D eigenvalue weighted by atomic mass is 10.0. The molecule has 1 aliphatic heterocycles. The molecule has 1 aromatic rings. The third-order valence-electron chi connectivity index (χ3n) is 4.69. The second kappa shape index (κ2) is 6.02. The lowest BCUT2D eigenvalue weighted by Crippen LogP contribution is -2.46. The maximum atomic E-state index is 12.5. The minimum Gasteiger partial charge on any atom is -0.370 e. The summed E-state index contributed by atoms with van der Waals surface area (Å²) in [5.74, 6) is 0.455. The van der Waals surface area contributed by atoms with E-state index in [4.69, 9.17) is 0 Å². The molecule has 7 heteroatoms. The summed E-state index contributed by atoms with van der Waals surface area (Å²) in [7, 11) is 1.86. The Balaban J connectivity index is 1.57. The van der Waals surface area contributed by atoms with Crippen molar-refractivity contribution in [2.45, 2.75) is 37.9 Å². The summed E-state index contributed by atoms with van der Waals surface area (Å²) in [5.41, 5.74) is -0.168. The Labute approximate surface area is 133 Å². The van der Waals surface area contributed by atoms with Crippen LogP contribution in [0.1, 0.15) is 31.4 Å². The van der Waals surface area contributed by atoms with Crippen LogP contribution in [0.5, 0.6) is 0 Å². The van der Waals surface area contributed by atoms with Crippen molar-refractivity contribution in [1.29, 1.82) is 0 Å². The smallest absolute Gasteiger partial charge is 0.370 e. The molecule has 1 aromatic heterocycles. The normalized spacial score (nSPS) is 19.7. The largest absolute Gasteiger partial charge is 0.433 e. The molecule has 3 rings (SSSR count). The number of rotatable bonds is 3. The van der Waals surface area contributed by atoms with Gasteiger partial charge in [-0.25, -0.2) is 4.98 Å². The van der Waals surface area contributed by atoms with Gasteiger partial charge in [-0.05, 0) is 37.8 Å². The fourth-order valence-electron chi connectivity index (χ4n) is 3.05. The van der Waals surface area contributed by atoms with Gasteiger partial charge in [0.2, 0.25) is 5.91 Å². The van der Waals surface area contributed by atoms with Gasteiger partial charge in [-0.1, -0.05) is 0 Å². The van der Waals surface area contributed by atoms with E-state index < -0.39 is 11.9 Å². The average Bonchev–Trinajstić information content (AvgIpc) is 3.38. The van der Waals surface area contributed by atoms with Crippen molar-refractivity contribution >= 4 is 11.6 Å². The van der Waals surface area contributed by atoms with Crippen molar-refractivity contribution in [2.24, 2.45) is 5.92 Å². The van der Waals surface area contributed by atoms with E-state index in [-0.39, 0.29) is 17.9 Å². The number of piperidine rings is 1. The Morgan fingerprint density at radius 3 is 2.35 bits per heavy atom. The molecular formula is C16H20F3N3O. The number of nitrogens with zero attached hydrogens (tertiary/aromatic N) is 3. The van der Waals surface area contributed by atoms with Gasteiger partial charge < -0.3 is 9.80 Å². The molecule has 126 valence electrons. The van der Waals surface area contributed by atoms with E-state index in [1.54, 1.807) is 0 Å². The lowest BCUT2D eigenvalue weighted by molar-refractivity contribution is -0.141. The number of halogens is 3. The van der Waals surface area contributed by atoms with E-state index in [1.165, 1.54) is 12.3 Å². The van der Waals surface area contributed by atoms with Gasteiger partial charge in [0.1, 0.15) is 5.69 Å². The van der Waals surface area contributed by atoms with E-state index in [2.05, 4.69) is 4.98 Å². The number of hydrogen-bond acceptors (Lipinski definition) is 3. The van der Waals surface area contributed by atoms with Crippen molar-refractivity contribution < 1.29 is 18.0 Å². The Morgan fingerprint density at radius 2 is 1.87 bits per heavy atom. The fourth-order valence-corrected chi connectivity index (χ4v) is 3.05. The molecule has 0 bridgehead atoms. The summed E-state index contributed by atoms with van der Waals surface area (Å²) in [6, 6.07) is 2.71. The number of aromatic nitrogens is 1. The molecule has 0 radical (unpaired) electrons. The predicted octanol–water partition coefficient (Wildman–Crippen LogP) is 2.94. The van der Waals surface area contributed by atoms with E-state index in [0.29, 0.717) is 5.69 Å². The second-order valence-electron chi connectivity index (χ2n) is 6.34. The monoisotopic (exact) mass is 327 g/mol. The van der Waals surface area contributed by atoms with Crippen molar-refractivity contribution in [3.8, 4) is 0 Å². The average molecular weight is 327 g/mol. The van der Waals surface area contributed by atoms with Gasteiger partial charge in [0.15, 0.2) is 0 Å². The second-order valence-corrected chi connectivity index (χ2v) is 6.34. The van der Waals surface area contributed by atoms with Crippen LogP contribution in [0, 0.1) is 5.92 Å². The number of pyridine rings is 1. The van der Waals surface area contributed by atoms with Gasteiger partial charge in [0.25, 0.3) is 0 Å². The maximum Gasteiger partial charge on any atom is 0.433 e. The zero-order valence-corrected chi connectivity index (χ0v) is 13.0. The first-order valence-corrected chi connectivity index (χ1v) is 7.91. The standard InChI is InChI=1S/C16H20F3N3O/c1-21(15(23)11-2-3-11)12-6-8-22(9-7-12)13-4-5-14(20-10-13)16(17,18)19/h4-5,10-12H,2-3,6-9H2,1H3. The van der Waals surface area contributed by atoms with Crippen molar-refractivity contribution in [1.82, 2.24) is 9.88 Å². The molecule has 2 heterocycles. The van der Waals surface area contributed by atoms with Gasteiger partial charge in [-0.3, -0.25) is 4.79 Å². The first-order chi connectivity index (χ1) is 10.9. The molecule has 0 spiro atoms. The number of anilines is 1. The zero-order chi connectivity index (χ0) is 16.6. The fraction of sp³-hybridized carbons (Fsp3) is 0.625. The van der Waals surface area contributed by atoms with Crippen LogP contribution in [0.25, 0.3) is 0 Å². The SMILES string of the molecule is CN(C(=O)C1CC1)C1CCN(c2ccc(C(F)(F)F)nc2)CC1. The van der Waals surface area contributed by atoms with Crippen LogP contribution in [0.15, 0.2) is 18.3 Å². The number of alkyl halides is 3. The number of carbonyl (C=O) groups excluding carboxylic acids is 1. The van der Waals surface area contributed by atoms with Crippen LogP contribution in [-0.4, -0.2) is 42.0 Å². The molecule has 4 nitrogen and oxygen atoms in total. The molecular weight excluding hydrogens is 307 g/mol. The molecule has 0 aromatic carbocycles. The highest BCUT2D eigenvalue weighted by molar-refractivity contribution is 5.81. The van der Waals surface area contributed by atoms with Crippen LogP contribution in [0.3, 0.4) is 0 Å². The van der Waals surface area contributed by atoms with Crippen LogP contribution < -0.4 is 4.90 Å². The highest BCUT2D eigenvalue weighted by atomic mass is 19.4. The lowest BCUT2D eigenvalue weighted by Gasteiger charge is -2.37. The van der Waals surface area contributed by atoms with Crippen molar-refractivity contribution in [2.75, 3.05) is 25.0 Å². The first-order valence-electron chi connectivity index (χ1n) is 7.91. The molecule has 0 atom stereocenters. The van der Waals surface area contributed by atoms with Crippen LogP contribution in [0.4, 0.5) is 18.9 Å². The molecule has 2 aliphatic rings. The molecule has 23 heavy (non-hydrogen) atoms. The maximum absolute atomic E-state index is 12.5. The van der Waals surface area contributed by atoms with Gasteiger partial charge >= 0.3 is 6.18 Å². The molecule has 0 N–H and O–H groups in total. The van der Waals surface area contributed by atoms with Gasteiger partial charge in [-0.2, -0.15) is 13.2 Å². The third kappa shape index (κ3) is 3.59. The highest BCUT2D eigenvalue weighted by Crippen LogP contribution is 2.33. The minimum atomic E-state index is -4.41. The predicted molar refractivity (Wildman–Crippen MR) is 80.0 cm³/mol. The number of carbonyl (C=O) groups is 1. The molecule has 1 amide bonds. The Bertz CT molecular complexity index is 561. The van der Waals surface area contributed by atoms with E-state index in [9.17, 15) is 18.0 Å². The quantitative estimate of drug-likeness (QED) is 0.856. The minimum absolute atomic E-state index is 0.220. The van der Waals surface area contributed by atoms with Gasteiger partial charge in [-0.15, -0.1) is 0 Å². The van der Waals surface area contributed by atoms with Crippen LogP contribution in [0.2, 0.25) is 0 Å². The van der Waals surface area contributed by atoms with Gasteiger partial charge in [0.05, 0.1) is 11.9 Å². The van der Waals surface area contributed by atoms with E-state index in [0.717, 1.165) is 44.8 Å². The third-order valence-corrected chi connectivity index (χ3v) is 4.69. The molecule has 0 unspecified atom stereocenters. The Hall–Kier alpha value is -1.79. The van der Waals surface area contributed by atoms with E-state index in [1.807, 2.05) is 16.8 Å². The zero-order valence-electron chi connectivity index (χ0n) is 13.0. The number of hydrogen-bond donors (Lipinski definition) is 0. The van der Waals surface area contributed by atoms with Crippen LogP contribution in [-0.2, 0) is 11.0 Å². The molecule has 1 aliphatic carbocycles. The summed E-state index contributed by atoms with van der Waals surface area (Å²) in [4.78, 5) is 19.5. The highest BCUT2D eigenvalue weighted by Gasteiger charge is 2.36. The van der Waals surface area contributed by atoms with Crippen molar-refractivity contribution in [3.63, 3.8) is 0 Å². The Morgan fingerprint density at radius 1 is 1.22 bits per heavy atom. The summed E-state index contributed by atoms with van der Waals surface area (Å²) in [6.07, 6.45) is 0.532. The summed E-state index contributed by atoms with van der Waals surface area (Å²) >= 11 is 0. The molecule has 2 fully saturated rings. The number of amides is 1. The summed E-state index contributed by atoms with van der Waals surface area (Å²) in [6.45, 7) is 1.44.